The molecule has 21 heavy (non-hydrogen) atoms. The van der Waals surface area contributed by atoms with E-state index in [9.17, 15) is 0 Å². The van der Waals surface area contributed by atoms with Gasteiger partial charge in [0.15, 0.2) is 0 Å². The molecule has 3 aromatic carbocycles. The van der Waals surface area contributed by atoms with E-state index in [0.717, 1.165) is 6.42 Å². The lowest BCUT2D eigenvalue weighted by Gasteiger charge is -2.04. The minimum atomic E-state index is 1.02. The summed E-state index contributed by atoms with van der Waals surface area (Å²) < 4.78 is 0. The molecule has 0 aliphatic heterocycles. The highest BCUT2D eigenvalue weighted by Gasteiger charge is 2.01. The maximum absolute atomic E-state index is 2.33. The van der Waals surface area contributed by atoms with E-state index in [-0.39, 0.29) is 0 Å². The molecule has 0 amide bonds. The summed E-state index contributed by atoms with van der Waals surface area (Å²) in [6, 6.07) is 15.9. The molecule has 0 unspecified atom stereocenters. The lowest BCUT2D eigenvalue weighted by atomic mass is 10.0. The average Bonchev–Trinajstić information content (AvgIpc) is 2.63. The van der Waals surface area contributed by atoms with Gasteiger partial charge in [-0.1, -0.05) is 47.6 Å². The fourth-order valence-corrected chi connectivity index (χ4v) is 3.18. The first-order chi connectivity index (χ1) is 10.2. The largest absolute Gasteiger partial charge is 0.0778 e. The standard InChI is InChI=1S/C21H18/c1-14-4-3-5-16-10-20-13-19-9-15(2)6-7-17(19)11-21(20)12-18(16)8-14/h4-13H,3H2,1-2H3. The second kappa shape index (κ2) is 4.60. The molecule has 1 aliphatic carbocycles. The van der Waals surface area contributed by atoms with Gasteiger partial charge in [-0.05, 0) is 76.5 Å². The predicted molar refractivity (Wildman–Crippen MR) is 92.7 cm³/mol. The number of aryl methyl sites for hydroxylation is 1. The van der Waals surface area contributed by atoms with Gasteiger partial charge < -0.3 is 0 Å². The van der Waals surface area contributed by atoms with Gasteiger partial charge in [0.2, 0.25) is 0 Å². The fourth-order valence-electron chi connectivity index (χ4n) is 3.18. The van der Waals surface area contributed by atoms with E-state index >= 15 is 0 Å². The second-order valence-corrected chi connectivity index (χ2v) is 6.06. The Labute approximate surface area is 124 Å². The van der Waals surface area contributed by atoms with E-state index in [1.807, 2.05) is 0 Å². The van der Waals surface area contributed by atoms with Gasteiger partial charge in [-0.25, -0.2) is 0 Å². The summed E-state index contributed by atoms with van der Waals surface area (Å²) in [6.07, 6.45) is 7.91. The Kier molecular flexibility index (Phi) is 2.71. The van der Waals surface area contributed by atoms with Gasteiger partial charge in [-0.2, -0.15) is 0 Å². The molecular weight excluding hydrogens is 252 g/mol. The van der Waals surface area contributed by atoms with Gasteiger partial charge in [0.05, 0.1) is 0 Å². The summed E-state index contributed by atoms with van der Waals surface area (Å²) in [7, 11) is 0. The monoisotopic (exact) mass is 270 g/mol. The van der Waals surface area contributed by atoms with Gasteiger partial charge >= 0.3 is 0 Å². The first kappa shape index (κ1) is 12.4. The lowest BCUT2D eigenvalue weighted by Crippen LogP contribution is -2.23. The molecule has 3 aromatic rings. The zero-order valence-electron chi connectivity index (χ0n) is 12.5. The van der Waals surface area contributed by atoms with Crippen LogP contribution in [0.1, 0.15) is 18.9 Å². The van der Waals surface area contributed by atoms with Crippen LogP contribution in [0, 0.1) is 6.92 Å². The molecule has 1 aliphatic rings. The Morgan fingerprint density at radius 1 is 0.667 bits per heavy atom. The number of hydrogen-bond donors (Lipinski definition) is 0. The molecule has 0 saturated heterocycles. The smallest absolute Gasteiger partial charge is 0.0154 e. The van der Waals surface area contributed by atoms with Crippen LogP contribution in [-0.2, 0) is 0 Å². The molecule has 0 bridgehead atoms. The van der Waals surface area contributed by atoms with Crippen molar-refractivity contribution in [2.24, 2.45) is 0 Å². The van der Waals surface area contributed by atoms with Crippen LogP contribution in [0.5, 0.6) is 0 Å². The highest BCUT2D eigenvalue weighted by Crippen LogP contribution is 2.22. The molecule has 4 rings (SSSR count). The van der Waals surface area contributed by atoms with Crippen LogP contribution in [0.15, 0.2) is 54.1 Å². The second-order valence-electron chi connectivity index (χ2n) is 6.06. The van der Waals surface area contributed by atoms with Gasteiger partial charge in [0.1, 0.15) is 0 Å². The normalized spacial score (nSPS) is 14.1. The molecule has 0 radical (unpaired) electrons. The highest BCUT2D eigenvalue weighted by atomic mass is 14.1. The molecule has 0 spiro atoms. The van der Waals surface area contributed by atoms with Crippen LogP contribution in [-0.4, -0.2) is 0 Å². The van der Waals surface area contributed by atoms with Gasteiger partial charge in [-0.3, -0.25) is 0 Å². The van der Waals surface area contributed by atoms with Crippen molar-refractivity contribution in [3.63, 3.8) is 0 Å². The van der Waals surface area contributed by atoms with Gasteiger partial charge in [0, 0.05) is 0 Å². The molecule has 0 fully saturated rings. The van der Waals surface area contributed by atoms with Gasteiger partial charge in [0.25, 0.3) is 0 Å². The molecule has 0 nitrogen and oxygen atoms in total. The molecule has 0 heterocycles. The molecule has 102 valence electrons. The summed E-state index contributed by atoms with van der Waals surface area (Å²) in [5.74, 6) is 0. The van der Waals surface area contributed by atoms with Crippen molar-refractivity contribution >= 4 is 33.7 Å². The first-order valence-corrected chi connectivity index (χ1v) is 7.52. The number of benzene rings is 3. The molecule has 0 aromatic heterocycles. The van der Waals surface area contributed by atoms with Gasteiger partial charge in [-0.15, -0.1) is 0 Å². The number of fused-ring (bicyclic) bond motifs is 3. The highest BCUT2D eigenvalue weighted by molar-refractivity contribution is 5.98. The minimum absolute atomic E-state index is 1.02. The average molecular weight is 270 g/mol. The first-order valence-electron chi connectivity index (χ1n) is 7.52. The molecule has 0 atom stereocenters. The zero-order chi connectivity index (χ0) is 14.4. The SMILES string of the molecule is CC1=CCC=c2cc3cc4cc(C)ccc4cc3cc2=C1. The molecule has 0 N–H and O–H groups in total. The quantitative estimate of drug-likeness (QED) is 0.537. The van der Waals surface area contributed by atoms with Crippen molar-refractivity contribution in [2.45, 2.75) is 20.3 Å². The minimum Gasteiger partial charge on any atom is -0.0778 e. The Bertz CT molecular complexity index is 1020. The Hall–Kier alpha value is -2.34. The Morgan fingerprint density at radius 2 is 1.38 bits per heavy atom. The van der Waals surface area contributed by atoms with E-state index in [1.165, 1.54) is 43.1 Å². The van der Waals surface area contributed by atoms with Crippen molar-refractivity contribution in [1.29, 1.82) is 0 Å². The molecular formula is C21H18. The summed E-state index contributed by atoms with van der Waals surface area (Å²) in [4.78, 5) is 0. The van der Waals surface area contributed by atoms with E-state index < -0.39 is 0 Å². The summed E-state index contributed by atoms with van der Waals surface area (Å²) in [6.45, 7) is 4.33. The topological polar surface area (TPSA) is 0 Å². The number of allylic oxidation sites excluding steroid dienone is 2. The van der Waals surface area contributed by atoms with Crippen LogP contribution in [0.2, 0.25) is 0 Å². The van der Waals surface area contributed by atoms with Crippen molar-refractivity contribution in [3.8, 4) is 0 Å². The van der Waals surface area contributed by atoms with Crippen molar-refractivity contribution < 1.29 is 0 Å². The fraction of sp³-hybridized carbons (Fsp3) is 0.143. The van der Waals surface area contributed by atoms with Crippen LogP contribution >= 0.6 is 0 Å². The number of rotatable bonds is 0. The summed E-state index contributed by atoms with van der Waals surface area (Å²) >= 11 is 0. The van der Waals surface area contributed by atoms with E-state index in [1.54, 1.807) is 0 Å². The molecule has 0 saturated carbocycles. The van der Waals surface area contributed by atoms with Crippen LogP contribution in [0.25, 0.3) is 33.7 Å². The molecule has 0 heteroatoms. The maximum atomic E-state index is 2.33. The Morgan fingerprint density at radius 3 is 2.24 bits per heavy atom. The predicted octanol–water partition coefficient (Wildman–Crippen LogP) is 4.21. The third kappa shape index (κ3) is 2.17. The van der Waals surface area contributed by atoms with E-state index in [4.69, 9.17) is 0 Å². The van der Waals surface area contributed by atoms with Crippen molar-refractivity contribution in [1.82, 2.24) is 0 Å². The summed E-state index contributed by atoms with van der Waals surface area (Å²) in [5, 5.41) is 7.98. The van der Waals surface area contributed by atoms with Crippen LogP contribution in [0.3, 0.4) is 0 Å². The third-order valence-corrected chi connectivity index (χ3v) is 4.31. The third-order valence-electron chi connectivity index (χ3n) is 4.31. The van der Waals surface area contributed by atoms with Crippen LogP contribution < -0.4 is 10.4 Å². The van der Waals surface area contributed by atoms with E-state index in [0.29, 0.717) is 0 Å². The lowest BCUT2D eigenvalue weighted by molar-refractivity contribution is 1.42. The van der Waals surface area contributed by atoms with Crippen molar-refractivity contribution in [3.05, 3.63) is 70.1 Å². The number of hydrogen-bond acceptors (Lipinski definition) is 0. The van der Waals surface area contributed by atoms with Crippen LogP contribution in [0.4, 0.5) is 0 Å². The zero-order valence-corrected chi connectivity index (χ0v) is 12.5. The summed E-state index contributed by atoms with van der Waals surface area (Å²) in [5.41, 5.74) is 2.66. The van der Waals surface area contributed by atoms with E-state index in [2.05, 4.69) is 74.5 Å². The maximum Gasteiger partial charge on any atom is -0.0154 e. The Balaban J connectivity index is 2.12. The van der Waals surface area contributed by atoms with Crippen molar-refractivity contribution in [2.75, 3.05) is 0 Å².